The third kappa shape index (κ3) is 4.80. The van der Waals surface area contributed by atoms with E-state index < -0.39 is 0 Å². The molecule has 0 spiro atoms. The van der Waals surface area contributed by atoms with Crippen LogP contribution in [0.3, 0.4) is 0 Å². The van der Waals surface area contributed by atoms with Crippen molar-refractivity contribution >= 4 is 34.0 Å². The zero-order valence-electron chi connectivity index (χ0n) is 18.0. The Bertz CT molecular complexity index is 1260. The van der Waals surface area contributed by atoms with E-state index in [0.717, 1.165) is 27.1 Å². The van der Waals surface area contributed by atoms with E-state index in [9.17, 15) is 10.2 Å². The fourth-order valence-electron chi connectivity index (χ4n) is 4.27. The van der Waals surface area contributed by atoms with Crippen molar-refractivity contribution in [2.45, 2.75) is 38.1 Å². The number of fused-ring (bicyclic) bond motifs is 2. The monoisotopic (exact) mass is 424 g/mol. The zero-order valence-corrected chi connectivity index (χ0v) is 18.0. The number of nitrogens with zero attached hydrogens (tertiary/aromatic N) is 1. The largest absolute Gasteiger partial charge is 0.507 e. The van der Waals surface area contributed by atoms with Gasteiger partial charge in [0.1, 0.15) is 11.5 Å². The highest BCUT2D eigenvalue weighted by molar-refractivity contribution is 6.02. The average Bonchev–Trinajstić information content (AvgIpc) is 2.84. The van der Waals surface area contributed by atoms with Crippen LogP contribution < -0.4 is 0 Å². The summed E-state index contributed by atoms with van der Waals surface area (Å²) in [7, 11) is 0. The summed E-state index contributed by atoms with van der Waals surface area (Å²) >= 11 is 0. The fraction of sp³-hybridized carbons (Fsp3) is 0.214. The third-order valence-electron chi connectivity index (χ3n) is 6.03. The summed E-state index contributed by atoms with van der Waals surface area (Å²) in [5.41, 5.74) is 1.43. The van der Waals surface area contributed by atoms with Gasteiger partial charge in [-0.3, -0.25) is 4.99 Å². The van der Waals surface area contributed by atoms with Crippen LogP contribution in [-0.4, -0.2) is 28.7 Å². The number of aliphatic imine (C=N–C) groups is 1. The molecule has 1 aliphatic rings. The lowest BCUT2D eigenvalue weighted by atomic mass is 9.96. The van der Waals surface area contributed by atoms with Crippen LogP contribution in [0.5, 0.6) is 11.5 Å². The topological polar surface area (TPSA) is 76.7 Å². The van der Waals surface area contributed by atoms with E-state index in [0.29, 0.717) is 17.4 Å². The van der Waals surface area contributed by atoms with Crippen LogP contribution in [0.2, 0.25) is 0 Å². The molecule has 4 aromatic carbocycles. The van der Waals surface area contributed by atoms with Crippen molar-refractivity contribution in [2.75, 3.05) is 0 Å². The second kappa shape index (κ2) is 10.1. The van der Waals surface area contributed by atoms with Crippen molar-refractivity contribution in [3.8, 4) is 11.5 Å². The van der Waals surface area contributed by atoms with E-state index in [2.05, 4.69) is 11.1 Å². The molecule has 1 aliphatic carbocycles. The molecule has 5 rings (SSSR count). The molecule has 4 aromatic rings. The minimum Gasteiger partial charge on any atom is -0.507 e. The summed E-state index contributed by atoms with van der Waals surface area (Å²) < 4.78 is 0. The summed E-state index contributed by atoms with van der Waals surface area (Å²) in [6, 6.07) is 23.4. The Morgan fingerprint density at radius 2 is 1.22 bits per heavy atom. The highest BCUT2D eigenvalue weighted by atomic mass is 16.3. The molecule has 4 nitrogen and oxygen atoms in total. The van der Waals surface area contributed by atoms with Crippen molar-refractivity contribution in [2.24, 2.45) is 4.99 Å². The van der Waals surface area contributed by atoms with Crippen LogP contribution in [0.4, 0.5) is 0 Å². The van der Waals surface area contributed by atoms with Crippen molar-refractivity contribution in [3.05, 3.63) is 83.9 Å². The van der Waals surface area contributed by atoms with Gasteiger partial charge in [0.2, 0.25) is 0 Å². The van der Waals surface area contributed by atoms with E-state index in [1.807, 2.05) is 60.8 Å². The van der Waals surface area contributed by atoms with Crippen LogP contribution in [-0.2, 0) is 0 Å². The first-order valence-corrected chi connectivity index (χ1v) is 11.1. The van der Waals surface area contributed by atoms with Gasteiger partial charge in [-0.1, -0.05) is 79.9 Å². The molecule has 162 valence electrons. The molecule has 0 amide bonds. The molecule has 0 radical (unpaired) electrons. The van der Waals surface area contributed by atoms with Crippen molar-refractivity contribution < 1.29 is 10.2 Å². The minimum absolute atomic E-state index is 0.161. The maximum Gasteiger partial charge on any atom is 0.124 e. The highest BCUT2D eigenvalue weighted by Crippen LogP contribution is 2.27. The van der Waals surface area contributed by atoms with Gasteiger partial charge in [0.25, 0.3) is 0 Å². The van der Waals surface area contributed by atoms with Gasteiger partial charge in [-0.15, -0.1) is 0 Å². The number of rotatable bonds is 3. The first-order valence-electron chi connectivity index (χ1n) is 11.1. The standard InChI is InChI=1S/C17H19NO.C11H9NO/c19-17-11-10-13-6-4-5-9-15(13)16(17)12-18-14-7-2-1-3-8-14;12-7-10-9-4-2-1-3-8(9)5-6-11(10)13/h4-6,9-12,14,19H,1-3,7-8H2;1-7,12-13H. The van der Waals surface area contributed by atoms with Crippen LogP contribution in [0.1, 0.15) is 43.2 Å². The molecule has 0 aromatic heterocycles. The molecule has 0 unspecified atom stereocenters. The molecule has 0 heterocycles. The Hall–Kier alpha value is -3.66. The van der Waals surface area contributed by atoms with Crippen molar-refractivity contribution in [1.29, 1.82) is 5.41 Å². The van der Waals surface area contributed by atoms with Gasteiger partial charge in [-0.2, -0.15) is 0 Å². The molecule has 3 N–H and O–H groups in total. The number of aromatic hydroxyl groups is 2. The minimum atomic E-state index is 0.161. The molecule has 32 heavy (non-hydrogen) atoms. The summed E-state index contributed by atoms with van der Waals surface area (Å²) in [5.74, 6) is 0.479. The SMILES string of the molecule is N=Cc1c(O)ccc2ccccc12.Oc1ccc2ccccc2c1C=NC1CCCCC1. The maximum absolute atomic E-state index is 10.0. The number of benzene rings is 4. The Morgan fingerprint density at radius 1 is 0.688 bits per heavy atom. The number of hydrogen-bond acceptors (Lipinski definition) is 4. The lowest BCUT2D eigenvalue weighted by molar-refractivity contribution is 0.444. The Kier molecular flexibility index (Phi) is 6.81. The second-order valence-corrected chi connectivity index (χ2v) is 8.15. The summed E-state index contributed by atoms with van der Waals surface area (Å²) in [6.45, 7) is 0. The van der Waals surface area contributed by atoms with Crippen LogP contribution >= 0.6 is 0 Å². The predicted octanol–water partition coefficient (Wildman–Crippen LogP) is 6.84. The normalized spacial score (nSPS) is 14.4. The van der Waals surface area contributed by atoms with E-state index in [1.54, 1.807) is 12.1 Å². The molecule has 4 heteroatoms. The Morgan fingerprint density at radius 3 is 1.81 bits per heavy atom. The van der Waals surface area contributed by atoms with E-state index in [1.165, 1.54) is 38.3 Å². The molecule has 0 aliphatic heterocycles. The third-order valence-corrected chi connectivity index (χ3v) is 6.03. The Balaban J connectivity index is 0.000000165. The molecule has 0 saturated heterocycles. The smallest absolute Gasteiger partial charge is 0.124 e. The Labute approximate surface area is 188 Å². The predicted molar refractivity (Wildman–Crippen MR) is 134 cm³/mol. The first-order chi connectivity index (χ1) is 15.7. The van der Waals surface area contributed by atoms with Gasteiger partial charge in [0, 0.05) is 29.6 Å². The lowest BCUT2D eigenvalue weighted by Crippen LogP contribution is -2.09. The molecule has 0 atom stereocenters. The molecule has 1 fully saturated rings. The highest BCUT2D eigenvalue weighted by Gasteiger charge is 2.12. The summed E-state index contributed by atoms with van der Waals surface area (Å²) in [5, 5.41) is 30.9. The fourth-order valence-corrected chi connectivity index (χ4v) is 4.27. The van der Waals surface area contributed by atoms with Gasteiger partial charge >= 0.3 is 0 Å². The van der Waals surface area contributed by atoms with Gasteiger partial charge < -0.3 is 15.6 Å². The number of nitrogens with one attached hydrogen (secondary N) is 1. The van der Waals surface area contributed by atoms with Gasteiger partial charge in [-0.05, 0) is 46.5 Å². The zero-order chi connectivity index (χ0) is 22.3. The summed E-state index contributed by atoms with van der Waals surface area (Å²) in [6.07, 6.45) is 9.31. The number of phenols is 2. The molecule has 1 saturated carbocycles. The van der Waals surface area contributed by atoms with Gasteiger partial charge in [0.15, 0.2) is 0 Å². The first kappa shape index (κ1) is 21.6. The number of hydrogen-bond donors (Lipinski definition) is 3. The number of phenolic OH excluding ortho intramolecular Hbond substituents is 2. The van der Waals surface area contributed by atoms with Crippen LogP contribution in [0.25, 0.3) is 21.5 Å². The van der Waals surface area contributed by atoms with E-state index in [4.69, 9.17) is 5.41 Å². The van der Waals surface area contributed by atoms with E-state index in [-0.39, 0.29) is 5.75 Å². The van der Waals surface area contributed by atoms with E-state index >= 15 is 0 Å². The van der Waals surface area contributed by atoms with Crippen LogP contribution in [0.15, 0.2) is 77.8 Å². The lowest BCUT2D eigenvalue weighted by Gasteiger charge is -2.17. The van der Waals surface area contributed by atoms with Crippen molar-refractivity contribution in [1.82, 2.24) is 0 Å². The molecular formula is C28H28N2O2. The van der Waals surface area contributed by atoms with Crippen molar-refractivity contribution in [3.63, 3.8) is 0 Å². The molecule has 0 bridgehead atoms. The second-order valence-electron chi connectivity index (χ2n) is 8.15. The van der Waals surface area contributed by atoms with Crippen LogP contribution in [0, 0.1) is 5.41 Å². The summed E-state index contributed by atoms with van der Waals surface area (Å²) in [4.78, 5) is 4.68. The average molecular weight is 425 g/mol. The maximum atomic E-state index is 10.0. The van der Waals surface area contributed by atoms with Gasteiger partial charge in [-0.25, -0.2) is 0 Å². The molecular weight excluding hydrogens is 396 g/mol. The van der Waals surface area contributed by atoms with Gasteiger partial charge in [0.05, 0.1) is 0 Å². The quantitative estimate of drug-likeness (QED) is 0.315.